The van der Waals surface area contributed by atoms with Crippen molar-refractivity contribution >= 4 is 22.8 Å². The summed E-state index contributed by atoms with van der Waals surface area (Å²) in [6.45, 7) is 1.92. The van der Waals surface area contributed by atoms with E-state index in [0.29, 0.717) is 17.0 Å². The number of rotatable bonds is 4. The lowest BCUT2D eigenvalue weighted by Gasteiger charge is -2.13. The first-order valence-corrected chi connectivity index (χ1v) is 7.77. The summed E-state index contributed by atoms with van der Waals surface area (Å²) < 4.78 is 20.6. The number of carbonyl (C=O) groups excluding carboxylic acids is 1. The van der Waals surface area contributed by atoms with E-state index >= 15 is 0 Å². The van der Waals surface area contributed by atoms with Crippen LogP contribution in [0.5, 0.6) is 5.75 Å². The maximum Gasteiger partial charge on any atom is 0.319 e. The number of hydrogen-bond acceptors (Lipinski definition) is 3. The molecule has 0 unspecified atom stereocenters. The minimum Gasteiger partial charge on any atom is -0.496 e. The van der Waals surface area contributed by atoms with Gasteiger partial charge >= 0.3 is 6.03 Å². The topological polar surface area (TPSA) is 68.2 Å². The number of nitrogens with zero attached hydrogens (tertiary/aromatic N) is 2. The Hall–Kier alpha value is -3.09. The standard InChI is InChI=1S/C18H19FN4O2/c1-11-8-12(4-5-14(11)19)22-18(24)20-9-13-16(25-3)7-6-15-17(13)23(2)10-21-15/h4-8,10H,9H2,1-3H3,(H2,20,22,24). The van der Waals surface area contributed by atoms with Crippen molar-refractivity contribution in [2.45, 2.75) is 13.5 Å². The molecule has 25 heavy (non-hydrogen) atoms. The summed E-state index contributed by atoms with van der Waals surface area (Å²) in [4.78, 5) is 16.5. The lowest BCUT2D eigenvalue weighted by molar-refractivity contribution is 0.251. The Balaban J connectivity index is 1.76. The zero-order valence-electron chi connectivity index (χ0n) is 14.3. The second kappa shape index (κ2) is 6.80. The third kappa shape index (κ3) is 3.40. The van der Waals surface area contributed by atoms with Crippen molar-refractivity contribution in [3.8, 4) is 5.75 Å². The zero-order chi connectivity index (χ0) is 18.0. The Morgan fingerprint density at radius 1 is 1.32 bits per heavy atom. The van der Waals surface area contributed by atoms with E-state index in [4.69, 9.17) is 4.74 Å². The molecule has 0 atom stereocenters. The molecule has 1 heterocycles. The number of urea groups is 1. The average Bonchev–Trinajstić information content (AvgIpc) is 2.97. The molecule has 1 aromatic heterocycles. The van der Waals surface area contributed by atoms with Crippen LogP contribution < -0.4 is 15.4 Å². The summed E-state index contributed by atoms with van der Waals surface area (Å²) in [6, 6.07) is 7.74. The van der Waals surface area contributed by atoms with Gasteiger partial charge in [0.2, 0.25) is 0 Å². The van der Waals surface area contributed by atoms with Crippen LogP contribution >= 0.6 is 0 Å². The summed E-state index contributed by atoms with van der Waals surface area (Å²) in [5, 5.41) is 5.49. The Morgan fingerprint density at radius 3 is 2.84 bits per heavy atom. The van der Waals surface area contributed by atoms with Gasteiger partial charge in [0.05, 0.1) is 31.0 Å². The molecule has 0 aliphatic heterocycles. The molecule has 2 amide bonds. The molecule has 0 radical (unpaired) electrons. The van der Waals surface area contributed by atoms with Gasteiger partial charge < -0.3 is 19.9 Å². The first-order chi connectivity index (χ1) is 12.0. The van der Waals surface area contributed by atoms with E-state index in [9.17, 15) is 9.18 Å². The number of hydrogen-bond donors (Lipinski definition) is 2. The Bertz CT molecular complexity index is 936. The third-order valence-corrected chi connectivity index (χ3v) is 4.00. The van der Waals surface area contributed by atoms with Gasteiger partial charge in [-0.25, -0.2) is 14.2 Å². The predicted molar refractivity (Wildman–Crippen MR) is 94.3 cm³/mol. The molecular formula is C18H19FN4O2. The smallest absolute Gasteiger partial charge is 0.319 e. The SMILES string of the molecule is COc1ccc2ncn(C)c2c1CNC(=O)Nc1ccc(F)c(C)c1. The minimum absolute atomic E-state index is 0.270. The number of nitrogens with one attached hydrogen (secondary N) is 2. The van der Waals surface area contributed by atoms with Crippen LogP contribution in [0.2, 0.25) is 0 Å². The van der Waals surface area contributed by atoms with E-state index in [1.54, 1.807) is 26.4 Å². The summed E-state index contributed by atoms with van der Waals surface area (Å²) in [6.07, 6.45) is 1.72. The molecule has 0 saturated heterocycles. The van der Waals surface area contributed by atoms with E-state index in [1.807, 2.05) is 23.7 Å². The number of benzene rings is 2. The summed E-state index contributed by atoms with van der Waals surface area (Å²) >= 11 is 0. The molecule has 3 aromatic rings. The molecule has 7 heteroatoms. The number of amides is 2. The van der Waals surface area contributed by atoms with E-state index in [0.717, 1.165) is 16.6 Å². The molecule has 0 fully saturated rings. The van der Waals surface area contributed by atoms with E-state index < -0.39 is 0 Å². The number of anilines is 1. The zero-order valence-corrected chi connectivity index (χ0v) is 14.3. The highest BCUT2D eigenvalue weighted by molar-refractivity contribution is 5.90. The van der Waals surface area contributed by atoms with Gasteiger partial charge in [-0.2, -0.15) is 0 Å². The fourth-order valence-electron chi connectivity index (χ4n) is 2.74. The van der Waals surface area contributed by atoms with Crippen LogP contribution in [0.25, 0.3) is 11.0 Å². The van der Waals surface area contributed by atoms with Crippen LogP contribution in [0, 0.1) is 12.7 Å². The Labute approximate surface area is 144 Å². The van der Waals surface area contributed by atoms with Gasteiger partial charge in [-0.15, -0.1) is 0 Å². The van der Waals surface area contributed by atoms with Gasteiger partial charge in [-0.3, -0.25) is 0 Å². The first-order valence-electron chi connectivity index (χ1n) is 7.77. The van der Waals surface area contributed by atoms with Crippen molar-refractivity contribution in [1.82, 2.24) is 14.9 Å². The Kier molecular flexibility index (Phi) is 4.56. The first kappa shape index (κ1) is 16.8. The molecule has 0 spiro atoms. The third-order valence-electron chi connectivity index (χ3n) is 4.00. The number of ether oxygens (including phenoxy) is 1. The minimum atomic E-state index is -0.382. The van der Waals surface area contributed by atoms with Crippen LogP contribution in [-0.4, -0.2) is 22.7 Å². The summed E-state index contributed by atoms with van der Waals surface area (Å²) in [5.41, 5.74) is 3.57. The van der Waals surface area contributed by atoms with E-state index in [2.05, 4.69) is 15.6 Å². The van der Waals surface area contributed by atoms with Gasteiger partial charge in [0.1, 0.15) is 11.6 Å². The molecule has 2 aromatic carbocycles. The van der Waals surface area contributed by atoms with Crippen LogP contribution in [0.3, 0.4) is 0 Å². The van der Waals surface area contributed by atoms with Crippen molar-refractivity contribution in [2.24, 2.45) is 7.05 Å². The van der Waals surface area contributed by atoms with Crippen LogP contribution in [-0.2, 0) is 13.6 Å². The second-order valence-corrected chi connectivity index (χ2v) is 5.74. The quantitative estimate of drug-likeness (QED) is 0.764. The van der Waals surface area contributed by atoms with Crippen molar-refractivity contribution in [3.05, 3.63) is 53.6 Å². The normalized spacial score (nSPS) is 10.7. The largest absolute Gasteiger partial charge is 0.496 e. The van der Waals surface area contributed by atoms with Gasteiger partial charge in [0.15, 0.2) is 0 Å². The number of halogens is 1. The van der Waals surface area contributed by atoms with Gasteiger partial charge in [-0.1, -0.05) is 0 Å². The van der Waals surface area contributed by atoms with Crippen molar-refractivity contribution < 1.29 is 13.9 Å². The molecule has 0 bridgehead atoms. The number of aromatic nitrogens is 2. The molecule has 0 aliphatic carbocycles. The number of aryl methyl sites for hydroxylation is 2. The lowest BCUT2D eigenvalue weighted by Crippen LogP contribution is -2.28. The molecule has 6 nitrogen and oxygen atoms in total. The highest BCUT2D eigenvalue weighted by atomic mass is 19.1. The molecular weight excluding hydrogens is 323 g/mol. The molecule has 130 valence electrons. The second-order valence-electron chi connectivity index (χ2n) is 5.74. The van der Waals surface area contributed by atoms with Crippen molar-refractivity contribution in [3.63, 3.8) is 0 Å². The maximum atomic E-state index is 13.3. The number of methoxy groups -OCH3 is 1. The highest BCUT2D eigenvalue weighted by Crippen LogP contribution is 2.27. The van der Waals surface area contributed by atoms with E-state index in [1.165, 1.54) is 12.1 Å². The van der Waals surface area contributed by atoms with Crippen LogP contribution in [0.4, 0.5) is 14.9 Å². The van der Waals surface area contributed by atoms with Crippen molar-refractivity contribution in [2.75, 3.05) is 12.4 Å². The van der Waals surface area contributed by atoms with Crippen molar-refractivity contribution in [1.29, 1.82) is 0 Å². The van der Waals surface area contributed by atoms with Gasteiger partial charge in [0, 0.05) is 18.3 Å². The summed E-state index contributed by atoms with van der Waals surface area (Å²) in [7, 11) is 3.47. The van der Waals surface area contributed by atoms with Gasteiger partial charge in [0.25, 0.3) is 0 Å². The summed E-state index contributed by atoms with van der Waals surface area (Å²) in [5.74, 6) is 0.368. The number of imidazole rings is 1. The molecule has 3 rings (SSSR count). The molecule has 0 aliphatic rings. The fourth-order valence-corrected chi connectivity index (χ4v) is 2.74. The number of carbonyl (C=O) groups is 1. The predicted octanol–water partition coefficient (Wildman–Crippen LogP) is 3.35. The van der Waals surface area contributed by atoms with Crippen LogP contribution in [0.15, 0.2) is 36.7 Å². The molecule has 2 N–H and O–H groups in total. The van der Waals surface area contributed by atoms with Gasteiger partial charge in [-0.05, 0) is 42.8 Å². The monoisotopic (exact) mass is 342 g/mol. The fraction of sp³-hybridized carbons (Fsp3) is 0.222. The molecule has 0 saturated carbocycles. The highest BCUT2D eigenvalue weighted by Gasteiger charge is 2.13. The van der Waals surface area contributed by atoms with Crippen LogP contribution in [0.1, 0.15) is 11.1 Å². The average molecular weight is 342 g/mol. The van der Waals surface area contributed by atoms with E-state index in [-0.39, 0.29) is 18.4 Å². The number of fused-ring (bicyclic) bond motifs is 1. The lowest BCUT2D eigenvalue weighted by atomic mass is 10.1. The Morgan fingerprint density at radius 2 is 2.12 bits per heavy atom. The maximum absolute atomic E-state index is 13.3.